The van der Waals surface area contributed by atoms with Crippen molar-refractivity contribution >= 4 is 15.9 Å². The number of rotatable bonds is 5. The second-order valence-corrected chi connectivity index (χ2v) is 9.44. The number of halogens is 1. The quantitative estimate of drug-likeness (QED) is 0.817. The van der Waals surface area contributed by atoms with Crippen molar-refractivity contribution in [1.82, 2.24) is 4.72 Å². The van der Waals surface area contributed by atoms with Gasteiger partial charge in [-0.15, -0.1) is 0 Å². The second-order valence-electron chi connectivity index (χ2n) is 7.85. The van der Waals surface area contributed by atoms with Crippen LogP contribution in [-0.4, -0.2) is 20.1 Å². The largest absolute Gasteiger partial charge is 0.506 e. The van der Waals surface area contributed by atoms with Crippen LogP contribution in [0.5, 0.6) is 5.75 Å². The van der Waals surface area contributed by atoms with E-state index in [9.17, 15) is 13.5 Å². The van der Waals surface area contributed by atoms with E-state index in [0.29, 0.717) is 30.2 Å². The maximum Gasteiger partial charge on any atom is 0.324 e. The van der Waals surface area contributed by atoms with Gasteiger partial charge in [0.2, 0.25) is 0 Å². The van der Waals surface area contributed by atoms with Crippen molar-refractivity contribution in [2.24, 2.45) is 11.8 Å². The fourth-order valence-electron chi connectivity index (χ4n) is 3.94. The minimum atomic E-state index is -3.91. The first-order chi connectivity index (χ1) is 12.2. The molecule has 2 N–H and O–H groups in total. The number of aromatic hydroxyl groups is 1. The molecule has 1 atom stereocenters. The van der Waals surface area contributed by atoms with E-state index in [1.807, 2.05) is 0 Å². The Hall–Kier alpha value is -1.76. The van der Waals surface area contributed by atoms with E-state index in [-0.39, 0.29) is 23.7 Å². The lowest BCUT2D eigenvalue weighted by Crippen LogP contribution is -2.30. The summed E-state index contributed by atoms with van der Waals surface area (Å²) in [6, 6.07) is 1.52. The predicted octanol–water partition coefficient (Wildman–Crippen LogP) is 3.63. The van der Waals surface area contributed by atoms with Crippen molar-refractivity contribution < 1.29 is 17.9 Å². The van der Waals surface area contributed by atoms with E-state index in [4.69, 9.17) is 0 Å². The van der Waals surface area contributed by atoms with E-state index in [1.54, 1.807) is 0 Å². The lowest BCUT2D eigenvalue weighted by atomic mass is 9.80. The zero-order valence-electron chi connectivity index (χ0n) is 15.4. The van der Waals surface area contributed by atoms with Gasteiger partial charge < -0.3 is 5.11 Å². The van der Waals surface area contributed by atoms with Crippen molar-refractivity contribution in [3.8, 4) is 5.75 Å². The SMILES string of the molecule is C=C1CN(c2c(O)cc3c(c2F)C[C@H](CCCC(C)C)CC3)S(=O)(=O)N1. The van der Waals surface area contributed by atoms with Crippen LogP contribution in [0.4, 0.5) is 10.1 Å². The highest BCUT2D eigenvalue weighted by Gasteiger charge is 2.36. The number of nitrogens with one attached hydrogen (secondary N) is 1. The van der Waals surface area contributed by atoms with Gasteiger partial charge in [0.15, 0.2) is 5.82 Å². The number of fused-ring (bicyclic) bond motifs is 1. The molecule has 1 saturated heterocycles. The number of benzene rings is 1. The highest BCUT2D eigenvalue weighted by Crippen LogP contribution is 2.41. The molecule has 0 unspecified atom stereocenters. The third kappa shape index (κ3) is 3.68. The van der Waals surface area contributed by atoms with Crippen LogP contribution in [0, 0.1) is 17.7 Å². The van der Waals surface area contributed by atoms with Gasteiger partial charge in [-0.25, -0.2) is 8.70 Å². The Balaban J connectivity index is 1.88. The highest BCUT2D eigenvalue weighted by atomic mass is 32.2. The molecular weight excluding hydrogens is 355 g/mol. The van der Waals surface area contributed by atoms with Crippen LogP contribution in [0.2, 0.25) is 0 Å². The van der Waals surface area contributed by atoms with Crippen molar-refractivity contribution in [3.05, 3.63) is 35.3 Å². The summed E-state index contributed by atoms with van der Waals surface area (Å²) in [5, 5.41) is 10.3. The fraction of sp³-hybridized carbons (Fsp3) is 0.579. The minimum Gasteiger partial charge on any atom is -0.506 e. The summed E-state index contributed by atoms with van der Waals surface area (Å²) in [6.45, 7) is 7.91. The molecule has 1 aromatic carbocycles. The Labute approximate surface area is 155 Å². The molecule has 1 aromatic rings. The van der Waals surface area contributed by atoms with Crippen LogP contribution in [-0.2, 0) is 23.1 Å². The van der Waals surface area contributed by atoms with Crippen LogP contribution in [0.3, 0.4) is 0 Å². The summed E-state index contributed by atoms with van der Waals surface area (Å²) in [5.74, 6) is 0.108. The normalized spacial score (nSPS) is 21.8. The third-order valence-corrected chi connectivity index (χ3v) is 6.71. The first-order valence-corrected chi connectivity index (χ1v) is 10.6. The average molecular weight is 383 g/mol. The molecule has 0 amide bonds. The highest BCUT2D eigenvalue weighted by molar-refractivity contribution is 7.91. The lowest BCUT2D eigenvalue weighted by molar-refractivity contribution is 0.383. The van der Waals surface area contributed by atoms with E-state index >= 15 is 4.39 Å². The maximum atomic E-state index is 15.2. The molecule has 0 radical (unpaired) electrons. The minimum absolute atomic E-state index is 0.0799. The summed E-state index contributed by atoms with van der Waals surface area (Å²) in [4.78, 5) is 0. The summed E-state index contributed by atoms with van der Waals surface area (Å²) in [7, 11) is -3.91. The molecule has 0 spiro atoms. The van der Waals surface area contributed by atoms with Gasteiger partial charge in [-0.2, -0.15) is 8.42 Å². The Morgan fingerprint density at radius 2 is 2.19 bits per heavy atom. The van der Waals surface area contributed by atoms with Gasteiger partial charge >= 0.3 is 10.2 Å². The maximum absolute atomic E-state index is 15.2. The molecule has 1 fully saturated rings. The second kappa shape index (κ2) is 7.10. The molecule has 0 aromatic heterocycles. The van der Waals surface area contributed by atoms with Gasteiger partial charge in [0, 0.05) is 5.70 Å². The molecule has 1 aliphatic carbocycles. The molecule has 2 aliphatic rings. The topological polar surface area (TPSA) is 69.6 Å². The van der Waals surface area contributed by atoms with Gasteiger partial charge in [-0.1, -0.05) is 39.7 Å². The summed E-state index contributed by atoms with van der Waals surface area (Å²) >= 11 is 0. The number of hydrogen-bond donors (Lipinski definition) is 2. The molecule has 0 bridgehead atoms. The van der Waals surface area contributed by atoms with Gasteiger partial charge in [-0.05, 0) is 48.3 Å². The van der Waals surface area contributed by atoms with Crippen molar-refractivity contribution in [1.29, 1.82) is 0 Å². The molecule has 3 rings (SSSR count). The van der Waals surface area contributed by atoms with Gasteiger partial charge in [0.25, 0.3) is 0 Å². The van der Waals surface area contributed by atoms with Crippen LogP contribution in [0.15, 0.2) is 18.3 Å². The molecule has 7 heteroatoms. The van der Waals surface area contributed by atoms with E-state index in [1.165, 1.54) is 6.07 Å². The zero-order chi connectivity index (χ0) is 19.1. The summed E-state index contributed by atoms with van der Waals surface area (Å²) in [5.41, 5.74) is 1.32. The van der Waals surface area contributed by atoms with Crippen LogP contribution in [0.25, 0.3) is 0 Å². The zero-order valence-corrected chi connectivity index (χ0v) is 16.2. The fourth-order valence-corrected chi connectivity index (χ4v) is 5.22. The van der Waals surface area contributed by atoms with Crippen LogP contribution < -0.4 is 9.03 Å². The van der Waals surface area contributed by atoms with E-state index in [0.717, 1.165) is 35.6 Å². The standard InChI is InChI=1S/C19H27FN2O3S/c1-12(2)5-4-6-14-7-8-15-10-17(23)19(18(20)16(15)9-14)22-11-13(3)21-26(22,24)25/h10,12,14,21,23H,3-9,11H2,1-2H3/t14-/m1/s1. The smallest absolute Gasteiger partial charge is 0.324 e. The molecular formula is C19H27FN2O3S. The first-order valence-electron chi connectivity index (χ1n) is 9.20. The van der Waals surface area contributed by atoms with Gasteiger partial charge in [0.1, 0.15) is 11.4 Å². The van der Waals surface area contributed by atoms with Crippen molar-refractivity contribution in [2.75, 3.05) is 10.8 Å². The number of nitrogens with zero attached hydrogens (tertiary/aromatic N) is 1. The molecule has 0 saturated carbocycles. The average Bonchev–Trinajstić information content (AvgIpc) is 2.80. The van der Waals surface area contributed by atoms with Crippen LogP contribution >= 0.6 is 0 Å². The Morgan fingerprint density at radius 3 is 2.81 bits per heavy atom. The first kappa shape index (κ1) is 19.0. The molecule has 144 valence electrons. The Kier molecular flexibility index (Phi) is 5.19. The van der Waals surface area contributed by atoms with Gasteiger partial charge in [-0.3, -0.25) is 4.72 Å². The monoisotopic (exact) mass is 382 g/mol. The molecule has 26 heavy (non-hydrogen) atoms. The van der Waals surface area contributed by atoms with Crippen molar-refractivity contribution in [3.63, 3.8) is 0 Å². The molecule has 1 heterocycles. The van der Waals surface area contributed by atoms with Crippen molar-refractivity contribution in [2.45, 2.75) is 52.4 Å². The van der Waals surface area contributed by atoms with E-state index in [2.05, 4.69) is 25.1 Å². The molecule has 1 aliphatic heterocycles. The Bertz CT molecular complexity index is 821. The summed E-state index contributed by atoms with van der Waals surface area (Å²) < 4.78 is 42.7. The number of phenolic OH excluding ortho intramolecular Hbond substituents is 1. The number of anilines is 1. The molecule has 5 nitrogen and oxygen atoms in total. The third-order valence-electron chi connectivity index (χ3n) is 5.27. The number of phenols is 1. The Morgan fingerprint density at radius 1 is 1.46 bits per heavy atom. The lowest BCUT2D eigenvalue weighted by Gasteiger charge is -2.28. The van der Waals surface area contributed by atoms with Gasteiger partial charge in [0.05, 0.1) is 6.54 Å². The summed E-state index contributed by atoms with van der Waals surface area (Å²) in [6.07, 6.45) is 5.61. The number of aryl methyl sites for hydroxylation is 1. The van der Waals surface area contributed by atoms with E-state index < -0.39 is 16.0 Å². The van der Waals surface area contributed by atoms with Crippen LogP contribution in [0.1, 0.15) is 50.7 Å². The number of hydrogen-bond acceptors (Lipinski definition) is 3. The predicted molar refractivity (Wildman–Crippen MR) is 101 cm³/mol.